The zero-order valence-electron chi connectivity index (χ0n) is 16.1. The maximum atomic E-state index is 12.4. The lowest BCUT2D eigenvalue weighted by molar-refractivity contribution is -0.139. The van der Waals surface area contributed by atoms with Crippen LogP contribution in [0.25, 0.3) is 0 Å². The van der Waals surface area contributed by atoms with Crippen LogP contribution in [0.4, 0.5) is 0 Å². The van der Waals surface area contributed by atoms with Crippen LogP contribution in [-0.2, 0) is 18.3 Å². The Morgan fingerprint density at radius 1 is 1.22 bits per heavy atom. The summed E-state index contributed by atoms with van der Waals surface area (Å²) in [5.74, 6) is 1.53. The summed E-state index contributed by atoms with van der Waals surface area (Å²) in [6, 6.07) is 11.2. The van der Waals surface area contributed by atoms with Gasteiger partial charge in [-0.05, 0) is 38.0 Å². The van der Waals surface area contributed by atoms with E-state index >= 15 is 0 Å². The number of para-hydroxylation sites is 1. The van der Waals surface area contributed by atoms with Crippen LogP contribution in [-0.4, -0.2) is 41.2 Å². The van der Waals surface area contributed by atoms with Crippen molar-refractivity contribution >= 4 is 5.91 Å². The molecule has 0 N–H and O–H groups in total. The smallest absolute Gasteiger partial charge is 0.254 e. The quantitative estimate of drug-likeness (QED) is 0.750. The first-order valence-electron chi connectivity index (χ1n) is 9.30. The van der Waals surface area contributed by atoms with Crippen LogP contribution in [0.2, 0.25) is 0 Å². The SMILES string of the molecule is CCOc1ccccc1CCC(=O)N1CC(Oc2cc(C)n(C)c(=O)c2)C1. The second-order valence-corrected chi connectivity index (χ2v) is 6.81. The predicted molar refractivity (Wildman–Crippen MR) is 103 cm³/mol. The lowest BCUT2D eigenvalue weighted by Crippen LogP contribution is -2.56. The molecule has 0 atom stereocenters. The number of amides is 1. The van der Waals surface area contributed by atoms with Crippen LogP contribution in [0.1, 0.15) is 24.6 Å². The highest BCUT2D eigenvalue weighted by atomic mass is 16.5. The predicted octanol–water partition coefficient (Wildman–Crippen LogP) is 2.31. The van der Waals surface area contributed by atoms with E-state index in [-0.39, 0.29) is 17.6 Å². The van der Waals surface area contributed by atoms with Gasteiger partial charge in [0.15, 0.2) is 0 Å². The van der Waals surface area contributed by atoms with Crippen LogP contribution in [0.5, 0.6) is 11.5 Å². The Labute approximate surface area is 159 Å². The second-order valence-electron chi connectivity index (χ2n) is 6.81. The Morgan fingerprint density at radius 2 is 1.96 bits per heavy atom. The van der Waals surface area contributed by atoms with Crippen molar-refractivity contribution in [1.29, 1.82) is 0 Å². The topological polar surface area (TPSA) is 60.8 Å². The second kappa shape index (κ2) is 8.29. The lowest BCUT2D eigenvalue weighted by Gasteiger charge is -2.39. The molecule has 1 fully saturated rings. The van der Waals surface area contributed by atoms with E-state index in [4.69, 9.17) is 9.47 Å². The largest absolute Gasteiger partial charge is 0.494 e. The summed E-state index contributed by atoms with van der Waals surface area (Å²) in [5, 5.41) is 0. The molecule has 6 nitrogen and oxygen atoms in total. The van der Waals surface area contributed by atoms with E-state index < -0.39 is 0 Å². The summed E-state index contributed by atoms with van der Waals surface area (Å²) in [6.45, 7) is 5.54. The van der Waals surface area contributed by atoms with Crippen molar-refractivity contribution in [2.24, 2.45) is 7.05 Å². The number of carbonyl (C=O) groups is 1. The highest BCUT2D eigenvalue weighted by molar-refractivity contribution is 5.77. The Kier molecular flexibility index (Phi) is 5.84. The third-order valence-electron chi connectivity index (χ3n) is 4.86. The maximum Gasteiger partial charge on any atom is 0.254 e. The van der Waals surface area contributed by atoms with Crippen molar-refractivity contribution < 1.29 is 14.3 Å². The van der Waals surface area contributed by atoms with Crippen molar-refractivity contribution in [3.63, 3.8) is 0 Å². The van der Waals surface area contributed by atoms with Crippen molar-refractivity contribution in [1.82, 2.24) is 9.47 Å². The molecule has 1 aliphatic heterocycles. The number of aromatic nitrogens is 1. The number of aryl methyl sites for hydroxylation is 2. The molecule has 2 heterocycles. The summed E-state index contributed by atoms with van der Waals surface area (Å²) < 4.78 is 13.0. The fourth-order valence-corrected chi connectivity index (χ4v) is 3.12. The summed E-state index contributed by atoms with van der Waals surface area (Å²) in [7, 11) is 1.73. The number of likely N-dealkylation sites (tertiary alicyclic amines) is 1. The van der Waals surface area contributed by atoms with E-state index in [1.165, 1.54) is 6.07 Å². The van der Waals surface area contributed by atoms with Gasteiger partial charge in [-0.1, -0.05) is 18.2 Å². The van der Waals surface area contributed by atoms with Crippen molar-refractivity contribution in [2.75, 3.05) is 19.7 Å². The Morgan fingerprint density at radius 3 is 2.67 bits per heavy atom. The average Bonchev–Trinajstić information content (AvgIpc) is 2.61. The third-order valence-corrected chi connectivity index (χ3v) is 4.86. The Hall–Kier alpha value is -2.76. The molecule has 144 valence electrons. The van der Waals surface area contributed by atoms with E-state index in [0.29, 0.717) is 38.3 Å². The van der Waals surface area contributed by atoms with E-state index in [2.05, 4.69) is 0 Å². The molecule has 1 aromatic heterocycles. The zero-order chi connectivity index (χ0) is 19.4. The summed E-state index contributed by atoms with van der Waals surface area (Å²) in [5.41, 5.74) is 1.81. The lowest BCUT2D eigenvalue weighted by atomic mass is 10.1. The van der Waals surface area contributed by atoms with Gasteiger partial charge < -0.3 is 18.9 Å². The van der Waals surface area contributed by atoms with E-state index in [0.717, 1.165) is 17.0 Å². The van der Waals surface area contributed by atoms with Crippen molar-refractivity contribution in [2.45, 2.75) is 32.8 Å². The van der Waals surface area contributed by atoms with Crippen LogP contribution in [0, 0.1) is 6.92 Å². The zero-order valence-corrected chi connectivity index (χ0v) is 16.1. The van der Waals surface area contributed by atoms with Gasteiger partial charge >= 0.3 is 0 Å². The summed E-state index contributed by atoms with van der Waals surface area (Å²) >= 11 is 0. The van der Waals surface area contributed by atoms with E-state index in [1.54, 1.807) is 16.5 Å². The molecular weight excluding hydrogens is 344 g/mol. The number of hydrogen-bond donors (Lipinski definition) is 0. The minimum absolute atomic E-state index is 0.0591. The standard InChI is InChI=1S/C21H26N2O4/c1-4-26-19-8-6-5-7-16(19)9-10-20(24)23-13-18(14-23)27-17-11-15(2)22(3)21(25)12-17/h5-8,11-12,18H,4,9-10,13-14H2,1-3H3. The van der Waals surface area contributed by atoms with Gasteiger partial charge in [0.25, 0.3) is 5.56 Å². The highest BCUT2D eigenvalue weighted by Gasteiger charge is 2.32. The van der Waals surface area contributed by atoms with Gasteiger partial charge in [0, 0.05) is 25.2 Å². The molecule has 3 rings (SSSR count). The van der Waals surface area contributed by atoms with Gasteiger partial charge in [-0.25, -0.2) is 0 Å². The number of nitrogens with zero attached hydrogens (tertiary/aromatic N) is 2. The van der Waals surface area contributed by atoms with E-state index in [1.807, 2.05) is 44.2 Å². The molecule has 6 heteroatoms. The van der Waals surface area contributed by atoms with Crippen LogP contribution >= 0.6 is 0 Å². The van der Waals surface area contributed by atoms with Crippen molar-refractivity contribution in [3.05, 3.63) is 58.0 Å². The average molecular weight is 370 g/mol. The first-order valence-corrected chi connectivity index (χ1v) is 9.30. The van der Waals surface area contributed by atoms with Crippen molar-refractivity contribution in [3.8, 4) is 11.5 Å². The molecule has 2 aromatic rings. The molecule has 0 saturated carbocycles. The Balaban J connectivity index is 1.48. The number of hydrogen-bond acceptors (Lipinski definition) is 4. The summed E-state index contributed by atoms with van der Waals surface area (Å²) in [4.78, 5) is 26.0. The number of ether oxygens (including phenoxy) is 2. The molecule has 0 radical (unpaired) electrons. The fraction of sp³-hybridized carbons (Fsp3) is 0.429. The highest BCUT2D eigenvalue weighted by Crippen LogP contribution is 2.22. The van der Waals surface area contributed by atoms with Gasteiger partial charge in [0.1, 0.15) is 17.6 Å². The van der Waals surface area contributed by atoms with Gasteiger partial charge in [0.05, 0.1) is 19.7 Å². The Bertz CT molecular complexity index is 869. The molecule has 0 aliphatic carbocycles. The molecule has 1 aliphatic rings. The first-order chi connectivity index (χ1) is 13.0. The molecule has 1 aromatic carbocycles. The van der Waals surface area contributed by atoms with Gasteiger partial charge in [-0.15, -0.1) is 0 Å². The molecule has 0 unspecified atom stereocenters. The minimum atomic E-state index is -0.0924. The fourth-order valence-electron chi connectivity index (χ4n) is 3.12. The molecular formula is C21H26N2O4. The third kappa shape index (κ3) is 4.51. The first kappa shape index (κ1) is 19.0. The number of pyridine rings is 1. The number of carbonyl (C=O) groups excluding carboxylic acids is 1. The van der Waals surface area contributed by atoms with Gasteiger partial charge in [0.2, 0.25) is 5.91 Å². The van der Waals surface area contributed by atoms with Crippen LogP contribution in [0.15, 0.2) is 41.2 Å². The van der Waals surface area contributed by atoms with Gasteiger partial charge in [-0.2, -0.15) is 0 Å². The number of rotatable bonds is 7. The van der Waals surface area contributed by atoms with Crippen LogP contribution < -0.4 is 15.0 Å². The molecule has 27 heavy (non-hydrogen) atoms. The minimum Gasteiger partial charge on any atom is -0.494 e. The number of benzene rings is 1. The van der Waals surface area contributed by atoms with E-state index in [9.17, 15) is 9.59 Å². The normalized spacial score (nSPS) is 14.0. The maximum absolute atomic E-state index is 12.4. The molecule has 1 amide bonds. The molecule has 0 bridgehead atoms. The summed E-state index contributed by atoms with van der Waals surface area (Å²) in [6.07, 6.45) is 1.04. The molecule has 0 spiro atoms. The monoisotopic (exact) mass is 370 g/mol. The van der Waals surface area contributed by atoms with Gasteiger partial charge in [-0.3, -0.25) is 9.59 Å². The van der Waals surface area contributed by atoms with Crippen LogP contribution in [0.3, 0.4) is 0 Å². The molecule has 1 saturated heterocycles.